The number of fused-ring (bicyclic) bond motifs is 1. The summed E-state index contributed by atoms with van der Waals surface area (Å²) in [6.07, 6.45) is 5.40. The Morgan fingerprint density at radius 1 is 1.14 bits per heavy atom. The number of anilines is 2. The molecule has 0 radical (unpaired) electrons. The van der Waals surface area contributed by atoms with E-state index in [1.807, 2.05) is 0 Å². The maximum atomic E-state index is 11.8. The first kappa shape index (κ1) is 19.3. The lowest BCUT2D eigenvalue weighted by atomic mass is 9.78. The number of hydrogen-bond donors (Lipinski definition) is 2. The normalized spacial score (nSPS) is 28.6. The van der Waals surface area contributed by atoms with Gasteiger partial charge in [-0.25, -0.2) is 9.78 Å². The summed E-state index contributed by atoms with van der Waals surface area (Å²) in [5.41, 5.74) is 7.06. The number of nitrogens with two attached hydrogens (primary N) is 1. The van der Waals surface area contributed by atoms with Gasteiger partial charge in [0.2, 0.25) is 5.95 Å². The molecule has 0 bridgehead atoms. The highest BCUT2D eigenvalue weighted by atomic mass is 16.4. The Labute approximate surface area is 167 Å². The van der Waals surface area contributed by atoms with Crippen LogP contribution >= 0.6 is 0 Å². The minimum absolute atomic E-state index is 0.0250. The van der Waals surface area contributed by atoms with Crippen LogP contribution in [0.2, 0.25) is 0 Å². The fraction of sp³-hybridized carbons (Fsp3) is 0.762. The highest BCUT2D eigenvalue weighted by Gasteiger charge is 2.52. The summed E-state index contributed by atoms with van der Waals surface area (Å²) in [4.78, 5) is 24.8. The Kier molecular flexibility index (Phi) is 4.88. The number of aromatic nitrogens is 2. The van der Waals surface area contributed by atoms with Crippen LogP contribution in [-0.2, 0) is 0 Å². The van der Waals surface area contributed by atoms with Gasteiger partial charge in [0.25, 0.3) is 0 Å². The van der Waals surface area contributed by atoms with Crippen LogP contribution in [0.4, 0.5) is 16.6 Å². The van der Waals surface area contributed by atoms with Gasteiger partial charge in [0.05, 0.1) is 5.69 Å². The lowest BCUT2D eigenvalue weighted by Crippen LogP contribution is -2.47. The Morgan fingerprint density at radius 2 is 1.86 bits per heavy atom. The highest BCUT2D eigenvalue weighted by molar-refractivity contribution is 5.66. The molecule has 3 atom stereocenters. The Morgan fingerprint density at radius 3 is 2.50 bits per heavy atom. The molecule has 0 spiro atoms. The summed E-state index contributed by atoms with van der Waals surface area (Å²) in [7, 11) is 0. The number of nitrogen functional groups attached to an aromatic ring is 1. The first-order valence-electron chi connectivity index (χ1n) is 10.6. The van der Waals surface area contributed by atoms with Crippen LogP contribution < -0.4 is 10.6 Å². The van der Waals surface area contributed by atoms with Crippen LogP contribution in [-0.4, -0.2) is 51.7 Å². The molecule has 1 saturated carbocycles. The molecule has 154 valence electrons. The molecule has 28 heavy (non-hydrogen) atoms. The third-order valence-corrected chi connectivity index (χ3v) is 6.89. The quantitative estimate of drug-likeness (QED) is 0.805. The predicted molar refractivity (Wildman–Crippen MR) is 109 cm³/mol. The molecule has 2 aliphatic heterocycles. The van der Waals surface area contributed by atoms with Crippen LogP contribution in [0.15, 0.2) is 6.07 Å². The molecular formula is C21H33N5O2. The minimum Gasteiger partial charge on any atom is -0.465 e. The number of likely N-dealkylation sites (tertiary alicyclic amines) is 1. The van der Waals surface area contributed by atoms with Crippen LogP contribution in [0.3, 0.4) is 0 Å². The third-order valence-electron chi connectivity index (χ3n) is 6.89. The van der Waals surface area contributed by atoms with E-state index in [1.165, 1.54) is 32.1 Å². The molecule has 1 aromatic rings. The van der Waals surface area contributed by atoms with Gasteiger partial charge in [-0.1, -0.05) is 40.0 Å². The Balaban J connectivity index is 1.56. The average Bonchev–Trinajstić information content (AvgIpc) is 3.19. The van der Waals surface area contributed by atoms with Crippen molar-refractivity contribution >= 4 is 17.9 Å². The van der Waals surface area contributed by atoms with Crippen molar-refractivity contribution in [3.63, 3.8) is 0 Å². The smallest absolute Gasteiger partial charge is 0.407 e. The van der Waals surface area contributed by atoms with E-state index in [-0.39, 0.29) is 11.5 Å². The molecule has 3 fully saturated rings. The molecule has 0 aromatic carbocycles. The first-order valence-corrected chi connectivity index (χ1v) is 10.6. The maximum absolute atomic E-state index is 11.8. The van der Waals surface area contributed by atoms with Gasteiger partial charge in [0, 0.05) is 49.5 Å². The SMILES string of the molecule is CC(C)(C)C1[C@@H]2CN(c3cc(C4CCCCC4)nc(N)n3)C[C@@H]2CN1C(=O)O. The molecule has 1 aromatic heterocycles. The van der Waals surface area contributed by atoms with Crippen molar-refractivity contribution in [2.24, 2.45) is 17.3 Å². The van der Waals surface area contributed by atoms with Crippen LogP contribution in [0.1, 0.15) is 64.5 Å². The largest absolute Gasteiger partial charge is 0.465 e. The van der Waals surface area contributed by atoms with Crippen LogP contribution in [0.5, 0.6) is 0 Å². The number of nitrogens with zero attached hydrogens (tertiary/aromatic N) is 4. The highest BCUT2D eigenvalue weighted by Crippen LogP contribution is 2.45. The fourth-order valence-electron chi connectivity index (χ4n) is 5.78. The van der Waals surface area contributed by atoms with E-state index >= 15 is 0 Å². The second-order valence-corrected chi connectivity index (χ2v) is 9.92. The van der Waals surface area contributed by atoms with Crippen molar-refractivity contribution in [3.05, 3.63) is 11.8 Å². The van der Waals surface area contributed by atoms with Crippen LogP contribution in [0, 0.1) is 17.3 Å². The van der Waals surface area contributed by atoms with Gasteiger partial charge in [0.15, 0.2) is 0 Å². The molecule has 1 unspecified atom stereocenters. The molecular weight excluding hydrogens is 354 g/mol. The van der Waals surface area contributed by atoms with E-state index in [1.54, 1.807) is 4.90 Å². The molecule has 1 aliphatic carbocycles. The topological polar surface area (TPSA) is 95.6 Å². The van der Waals surface area contributed by atoms with Crippen molar-refractivity contribution in [3.8, 4) is 0 Å². The lowest BCUT2D eigenvalue weighted by Gasteiger charge is -2.37. The number of hydrogen-bond acceptors (Lipinski definition) is 5. The standard InChI is InChI=1S/C21H33N5O2/c1-21(2,3)18-15-12-25(10-14(15)11-26(18)20(27)28)17-9-16(23-19(22)24-17)13-7-5-4-6-8-13/h9,13-15,18H,4-8,10-12H2,1-3H3,(H,27,28)(H2,22,23,24)/t14-,15-,18?/m1/s1. The molecule has 4 rings (SSSR count). The minimum atomic E-state index is -0.799. The average molecular weight is 388 g/mol. The van der Waals surface area contributed by atoms with E-state index < -0.39 is 6.09 Å². The van der Waals surface area contributed by atoms with Gasteiger partial charge < -0.3 is 20.6 Å². The van der Waals surface area contributed by atoms with Gasteiger partial charge in [-0.05, 0) is 18.3 Å². The fourth-order valence-corrected chi connectivity index (χ4v) is 5.78. The molecule has 2 saturated heterocycles. The van der Waals surface area contributed by atoms with E-state index in [9.17, 15) is 9.90 Å². The first-order chi connectivity index (χ1) is 13.2. The van der Waals surface area contributed by atoms with E-state index in [0.717, 1.165) is 24.6 Å². The third kappa shape index (κ3) is 3.51. The zero-order valence-electron chi connectivity index (χ0n) is 17.3. The van der Waals surface area contributed by atoms with Crippen LogP contribution in [0.25, 0.3) is 0 Å². The Bertz CT molecular complexity index is 741. The van der Waals surface area contributed by atoms with E-state index in [4.69, 9.17) is 5.73 Å². The van der Waals surface area contributed by atoms with E-state index in [2.05, 4.69) is 41.7 Å². The summed E-state index contributed by atoms with van der Waals surface area (Å²) >= 11 is 0. The molecule has 7 nitrogen and oxygen atoms in total. The van der Waals surface area contributed by atoms with Crippen molar-refractivity contribution in [1.29, 1.82) is 0 Å². The summed E-state index contributed by atoms with van der Waals surface area (Å²) in [6, 6.07) is 2.16. The van der Waals surface area contributed by atoms with Gasteiger partial charge >= 0.3 is 6.09 Å². The lowest BCUT2D eigenvalue weighted by molar-refractivity contribution is 0.0926. The number of carboxylic acid groups (broad SMARTS) is 1. The van der Waals surface area contributed by atoms with Gasteiger partial charge in [-0.3, -0.25) is 0 Å². The molecule has 7 heteroatoms. The van der Waals surface area contributed by atoms with Gasteiger partial charge in [-0.15, -0.1) is 0 Å². The number of amides is 1. The van der Waals surface area contributed by atoms with Gasteiger partial charge in [0.1, 0.15) is 5.82 Å². The Hall–Kier alpha value is -2.05. The summed E-state index contributed by atoms with van der Waals surface area (Å²) in [6.45, 7) is 8.69. The predicted octanol–water partition coefficient (Wildman–Crippen LogP) is 3.57. The number of carbonyl (C=O) groups is 1. The monoisotopic (exact) mass is 387 g/mol. The number of rotatable bonds is 2. The second-order valence-electron chi connectivity index (χ2n) is 9.92. The zero-order valence-corrected chi connectivity index (χ0v) is 17.3. The summed E-state index contributed by atoms with van der Waals surface area (Å²) in [5, 5.41) is 9.68. The van der Waals surface area contributed by atoms with Crippen molar-refractivity contribution in [2.45, 2.75) is 64.8 Å². The molecule has 3 heterocycles. The maximum Gasteiger partial charge on any atom is 0.407 e. The summed E-state index contributed by atoms with van der Waals surface area (Å²) < 4.78 is 0. The summed E-state index contributed by atoms with van der Waals surface area (Å²) in [5.74, 6) is 2.43. The van der Waals surface area contributed by atoms with Crippen molar-refractivity contribution < 1.29 is 9.90 Å². The molecule has 1 amide bonds. The van der Waals surface area contributed by atoms with Gasteiger partial charge in [-0.2, -0.15) is 4.98 Å². The molecule has 3 aliphatic rings. The van der Waals surface area contributed by atoms with Crippen molar-refractivity contribution in [2.75, 3.05) is 30.3 Å². The van der Waals surface area contributed by atoms with Crippen molar-refractivity contribution in [1.82, 2.24) is 14.9 Å². The molecule has 3 N–H and O–H groups in total. The second kappa shape index (κ2) is 7.08. The zero-order chi connectivity index (χ0) is 20.1. The van der Waals surface area contributed by atoms with E-state index in [0.29, 0.717) is 30.2 Å².